The minimum Gasteiger partial charge on any atom is -1.00 e. The van der Waals surface area contributed by atoms with E-state index in [-0.39, 0.29) is 42.3 Å². The van der Waals surface area contributed by atoms with Crippen molar-refractivity contribution >= 4 is 23.6 Å². The van der Waals surface area contributed by atoms with E-state index < -0.39 is 8.07 Å². The van der Waals surface area contributed by atoms with Gasteiger partial charge in [-0.1, -0.05) is 0 Å². The first kappa shape index (κ1) is 61.9. The molecule has 0 nitrogen and oxygen atoms in total. The molecule has 0 heterocycles. The third kappa shape index (κ3) is 11.7. The van der Waals surface area contributed by atoms with E-state index in [0.717, 1.165) is 38.5 Å². The Balaban J connectivity index is 0.00000308. The van der Waals surface area contributed by atoms with Gasteiger partial charge in [0.1, 0.15) is 0 Å². The molecule has 1 aliphatic rings. The summed E-state index contributed by atoms with van der Waals surface area (Å²) in [5.74, 6) is 0. The molecule has 5 heteroatoms. The maximum absolute atomic E-state index is 3.53. The molecule has 10 rings (SSSR count). The molecular formula is C75H75Cl3SiTi. The van der Waals surface area contributed by atoms with Crippen LogP contribution in [-0.2, 0) is 59.0 Å². The molecule has 1 aliphatic carbocycles. The molecule has 0 fully saturated rings. The molecule has 80 heavy (non-hydrogen) atoms. The van der Waals surface area contributed by atoms with Gasteiger partial charge in [-0.2, -0.15) is 0 Å². The predicted molar refractivity (Wildman–Crippen MR) is 327 cm³/mol. The normalized spacial score (nSPS) is 14.2. The second-order valence-corrected chi connectivity index (χ2v) is 27.4. The summed E-state index contributed by atoms with van der Waals surface area (Å²) in [4.78, 5) is 0. The van der Waals surface area contributed by atoms with Crippen LogP contribution in [0.2, 0.25) is 5.04 Å². The van der Waals surface area contributed by atoms with E-state index in [9.17, 15) is 0 Å². The van der Waals surface area contributed by atoms with Crippen molar-refractivity contribution in [2.24, 2.45) is 0 Å². The molecular weight excluding hydrogens is 1080 g/mol. The van der Waals surface area contributed by atoms with Crippen molar-refractivity contribution in [1.29, 1.82) is 0 Å². The number of benzene rings is 9. The minimum atomic E-state index is -3.53. The van der Waals surface area contributed by atoms with E-state index in [1.807, 2.05) is 0 Å². The first-order valence-corrected chi connectivity index (χ1v) is 30.7. The van der Waals surface area contributed by atoms with E-state index in [1.165, 1.54) is 121 Å². The van der Waals surface area contributed by atoms with Gasteiger partial charge in [-0.25, -0.2) is 0 Å². The Morgan fingerprint density at radius 3 is 0.750 bits per heavy atom. The van der Waals surface area contributed by atoms with E-state index in [4.69, 9.17) is 0 Å². The van der Waals surface area contributed by atoms with E-state index in [0.29, 0.717) is 0 Å². The average Bonchev–Trinajstić information content (AvgIpc) is 3.61. The van der Waals surface area contributed by atoms with Crippen LogP contribution in [0, 0.1) is 41.5 Å². The molecule has 0 aromatic heterocycles. The molecule has 0 N–H and O–H groups in total. The van der Waals surface area contributed by atoms with Crippen molar-refractivity contribution in [2.75, 3.05) is 0 Å². The summed E-state index contributed by atoms with van der Waals surface area (Å²) in [6.45, 7) is 25.0. The molecule has 1 unspecified atom stereocenters. The third-order valence-electron chi connectivity index (χ3n) is 18.4. The van der Waals surface area contributed by atoms with Crippen LogP contribution in [0.5, 0.6) is 0 Å². The summed E-state index contributed by atoms with van der Waals surface area (Å²) >= 11 is 2.52. The van der Waals surface area contributed by atoms with Gasteiger partial charge >= 0.3 is 478 Å². The smallest absolute Gasteiger partial charge is 1.00 e. The maximum atomic E-state index is 2.78. The van der Waals surface area contributed by atoms with Gasteiger partial charge in [0.25, 0.3) is 0 Å². The minimum absolute atomic E-state index is 0. The Morgan fingerprint density at radius 1 is 0.312 bits per heavy atom. The van der Waals surface area contributed by atoms with Crippen molar-refractivity contribution in [3.05, 3.63) is 321 Å². The van der Waals surface area contributed by atoms with Crippen LogP contribution < -0.4 is 52.8 Å². The maximum Gasteiger partial charge on any atom is -1.00 e. The van der Waals surface area contributed by atoms with E-state index >= 15 is 0 Å². The third-order valence-corrected chi connectivity index (χ3v) is 26.3. The second kappa shape index (κ2) is 26.5. The van der Waals surface area contributed by atoms with Crippen molar-refractivity contribution in [2.45, 2.75) is 113 Å². The van der Waals surface area contributed by atoms with Gasteiger partial charge in [0, 0.05) is 0 Å². The first-order valence-electron chi connectivity index (χ1n) is 27.9. The predicted octanol–water partition coefficient (Wildman–Crippen LogP) is 7.50. The number of halogens is 3. The Hall–Kier alpha value is -5.74. The number of allylic oxidation sites excluding steroid dienone is 4. The molecule has 9 aromatic rings. The van der Waals surface area contributed by atoms with Crippen LogP contribution in [0.3, 0.4) is 0 Å². The topological polar surface area (TPSA) is 0 Å². The second-order valence-electron chi connectivity index (χ2n) is 22.5. The van der Waals surface area contributed by atoms with Crippen molar-refractivity contribution in [3.8, 4) is 0 Å². The molecule has 404 valence electrons. The monoisotopic (exact) mass is 1160 g/mol. The number of rotatable bonds is 16. The Morgan fingerprint density at radius 2 is 0.537 bits per heavy atom. The van der Waals surface area contributed by atoms with Crippen molar-refractivity contribution in [1.82, 2.24) is 0 Å². The van der Waals surface area contributed by atoms with Gasteiger partial charge in [0.05, 0.1) is 0 Å². The number of hydrogen-bond donors (Lipinski definition) is 0. The summed E-state index contributed by atoms with van der Waals surface area (Å²) in [6.07, 6.45) is 5.19. The standard InChI is InChI=1S/C75H75Si.3ClH.Ti/c1-51-50-75(10,59(9)52(51)2)76(72-47-66(41-60-29-17-11-18-30-60)53(3)69(56(72)6)44-63-35-23-14-24-36-63,73-48-67(42-61-31-19-12-20-32-61)54(4)70(57(73)7)45-64-37-25-15-26-38-64)74-49-68(43-62-33-21-13-22-34-62)55(5)71(58(74)8)46-65-39-27-16-28-40-65;;;;/h11-40,47-49H,41-46H2,1-10H3;3*1H;/q;;;;+3/p-3. The van der Waals surface area contributed by atoms with Crippen LogP contribution in [0.25, 0.3) is 0 Å². The fraction of sp³-hybridized carbons (Fsp3) is 0.227. The largest absolute Gasteiger partial charge is 1.00 e. The summed E-state index contributed by atoms with van der Waals surface area (Å²) in [5.41, 5.74) is 29.7. The van der Waals surface area contributed by atoms with Gasteiger partial charge < -0.3 is 37.2 Å². The summed E-state index contributed by atoms with van der Waals surface area (Å²) in [5, 5.41) is 4.28. The van der Waals surface area contributed by atoms with Gasteiger partial charge in [-0.05, 0) is 0 Å². The molecule has 0 saturated heterocycles. The molecule has 0 amide bonds. The number of hydrogen-bond acceptors (Lipinski definition) is 0. The average molecular weight is 1160 g/mol. The summed E-state index contributed by atoms with van der Waals surface area (Å²) in [7, 11) is -3.53. The zero-order valence-corrected chi connectivity index (χ0v) is 53.3. The van der Waals surface area contributed by atoms with Crippen LogP contribution in [-0.4, -0.2) is 8.07 Å². The molecule has 0 spiro atoms. The van der Waals surface area contributed by atoms with Gasteiger partial charge in [-0.3, -0.25) is 0 Å². The summed E-state index contributed by atoms with van der Waals surface area (Å²) in [6, 6.07) is 75.9. The Kier molecular flexibility index (Phi) is 20.5. The van der Waals surface area contributed by atoms with Crippen LogP contribution >= 0.6 is 0 Å². The molecule has 0 saturated carbocycles. The van der Waals surface area contributed by atoms with Crippen LogP contribution in [0.1, 0.15) is 128 Å². The first-order chi connectivity index (χ1) is 37.2. The van der Waals surface area contributed by atoms with Gasteiger partial charge in [-0.15, -0.1) is 0 Å². The zero-order valence-electron chi connectivity index (χ0n) is 48.4. The molecule has 0 radical (unpaired) electrons. The van der Waals surface area contributed by atoms with Crippen molar-refractivity contribution in [3.63, 3.8) is 0 Å². The van der Waals surface area contributed by atoms with Crippen LogP contribution in [0.15, 0.2) is 221 Å². The Bertz CT molecular complexity index is 3300. The van der Waals surface area contributed by atoms with Crippen LogP contribution in [0.4, 0.5) is 0 Å². The van der Waals surface area contributed by atoms with Crippen molar-refractivity contribution < 1.29 is 57.7 Å². The quantitative estimate of drug-likeness (QED) is 0.0696. The Labute approximate surface area is 511 Å². The molecule has 1 atom stereocenters. The van der Waals surface area contributed by atoms with Gasteiger partial charge in [0.2, 0.25) is 0 Å². The molecule has 0 bridgehead atoms. The molecule has 9 aromatic carbocycles. The SMILES string of the molecule is CC1=C(C)C(C)([Si](c2cc(Cc3ccccc3)c(C)c(Cc3ccccc3)c2C)(c2cc(Cc3ccccc3)c(C)c(Cc3ccccc3)c2C)c2cc(Cc3ccccc3)c(C)c(Cc3ccccc3)c2C)[C]([Ti+3])=C1C.[Cl-].[Cl-].[Cl-]. The van der Waals surface area contributed by atoms with E-state index in [1.54, 1.807) is 15.6 Å². The summed E-state index contributed by atoms with van der Waals surface area (Å²) < 4.78 is 1.51. The fourth-order valence-corrected chi connectivity index (χ4v) is 22.1. The molecule has 0 aliphatic heterocycles. The zero-order chi connectivity index (χ0) is 54.0. The van der Waals surface area contributed by atoms with Gasteiger partial charge in [0.15, 0.2) is 0 Å². The van der Waals surface area contributed by atoms with E-state index in [2.05, 4.69) is 290 Å². The fourth-order valence-electron chi connectivity index (χ4n) is 13.6.